The number of carbonyl (C=O) groups is 1. The van der Waals surface area contributed by atoms with Gasteiger partial charge in [0, 0.05) is 18.7 Å². The summed E-state index contributed by atoms with van der Waals surface area (Å²) in [7, 11) is 5.69. The van der Waals surface area contributed by atoms with E-state index in [0.29, 0.717) is 11.0 Å². The van der Waals surface area contributed by atoms with Crippen molar-refractivity contribution < 1.29 is 4.79 Å². The maximum absolute atomic E-state index is 12.2. The van der Waals surface area contributed by atoms with Gasteiger partial charge in [0.2, 0.25) is 0 Å². The van der Waals surface area contributed by atoms with Crippen molar-refractivity contribution in [2.45, 2.75) is 25.7 Å². The van der Waals surface area contributed by atoms with Gasteiger partial charge in [-0.3, -0.25) is 4.79 Å². The van der Waals surface area contributed by atoms with E-state index in [4.69, 9.17) is 7.85 Å². The summed E-state index contributed by atoms with van der Waals surface area (Å²) < 4.78 is 0. The lowest BCUT2D eigenvalue weighted by Crippen LogP contribution is -2.32. The summed E-state index contributed by atoms with van der Waals surface area (Å²) >= 11 is 0. The van der Waals surface area contributed by atoms with Crippen LogP contribution in [0, 0.1) is 0 Å². The lowest BCUT2D eigenvalue weighted by Gasteiger charge is -2.20. The van der Waals surface area contributed by atoms with Gasteiger partial charge < -0.3 is 4.90 Å². The highest BCUT2D eigenvalue weighted by atomic mass is 16.2. The van der Waals surface area contributed by atoms with Crippen LogP contribution in [0.15, 0.2) is 24.3 Å². The van der Waals surface area contributed by atoms with E-state index in [-0.39, 0.29) is 5.91 Å². The second-order valence-electron chi connectivity index (χ2n) is 4.33. The van der Waals surface area contributed by atoms with Gasteiger partial charge in [-0.1, -0.05) is 36.5 Å². The molecule has 82 valence electrons. The summed E-state index contributed by atoms with van der Waals surface area (Å²) in [6, 6.07) is 7.23. The van der Waals surface area contributed by atoms with Crippen LogP contribution >= 0.6 is 0 Å². The van der Waals surface area contributed by atoms with E-state index in [1.807, 2.05) is 17.0 Å². The number of rotatable bonds is 1. The monoisotopic (exact) mass is 213 g/mol. The zero-order valence-corrected chi connectivity index (χ0v) is 9.48. The van der Waals surface area contributed by atoms with Gasteiger partial charge in [0.1, 0.15) is 7.85 Å². The molecule has 0 saturated carbocycles. The van der Waals surface area contributed by atoms with Gasteiger partial charge in [-0.15, -0.1) is 0 Å². The molecule has 1 aliphatic rings. The van der Waals surface area contributed by atoms with Gasteiger partial charge in [-0.25, -0.2) is 0 Å². The number of amides is 1. The van der Waals surface area contributed by atoms with E-state index in [1.54, 1.807) is 12.1 Å². The fourth-order valence-corrected chi connectivity index (χ4v) is 2.13. The van der Waals surface area contributed by atoms with E-state index in [9.17, 15) is 4.79 Å². The molecule has 1 aliphatic heterocycles. The molecule has 1 aromatic rings. The Labute approximate surface area is 98.1 Å². The molecule has 1 aromatic carbocycles. The van der Waals surface area contributed by atoms with Crippen LogP contribution in [0.4, 0.5) is 0 Å². The molecule has 0 atom stereocenters. The van der Waals surface area contributed by atoms with Crippen molar-refractivity contribution in [1.29, 1.82) is 0 Å². The number of likely N-dealkylation sites (tertiary alicyclic amines) is 1. The lowest BCUT2D eigenvalue weighted by atomic mass is 9.94. The fourth-order valence-electron chi connectivity index (χ4n) is 2.13. The predicted octanol–water partition coefficient (Wildman–Crippen LogP) is 1.50. The standard InChI is InChI=1S/C13H16BNO/c14-12-7-5-6-11(10-12)13(16)15-8-3-1-2-4-9-15/h5-7,10H,1-4,8-9H2. The van der Waals surface area contributed by atoms with Crippen LogP contribution in [0.2, 0.25) is 0 Å². The van der Waals surface area contributed by atoms with Crippen molar-refractivity contribution >= 4 is 19.2 Å². The van der Waals surface area contributed by atoms with Crippen LogP contribution in [0.1, 0.15) is 36.0 Å². The SMILES string of the molecule is [B]c1cccc(C(=O)N2CCCCCC2)c1. The van der Waals surface area contributed by atoms with E-state index in [2.05, 4.69) is 0 Å². The molecule has 0 unspecified atom stereocenters. The Kier molecular flexibility index (Phi) is 3.65. The smallest absolute Gasteiger partial charge is 0.253 e. The van der Waals surface area contributed by atoms with Crippen LogP contribution in [0.3, 0.4) is 0 Å². The third-order valence-electron chi connectivity index (χ3n) is 3.03. The lowest BCUT2D eigenvalue weighted by molar-refractivity contribution is 0.0762. The normalized spacial score (nSPS) is 16.9. The van der Waals surface area contributed by atoms with Crippen molar-refractivity contribution in [1.82, 2.24) is 4.90 Å². The minimum atomic E-state index is 0.120. The molecule has 0 N–H and O–H groups in total. The molecule has 0 bridgehead atoms. The molecular weight excluding hydrogens is 197 g/mol. The van der Waals surface area contributed by atoms with E-state index < -0.39 is 0 Å². The first kappa shape index (κ1) is 11.2. The zero-order chi connectivity index (χ0) is 11.4. The average molecular weight is 213 g/mol. The summed E-state index contributed by atoms with van der Waals surface area (Å²) in [5.41, 5.74) is 1.36. The first-order valence-corrected chi connectivity index (χ1v) is 5.92. The predicted molar refractivity (Wildman–Crippen MR) is 66.2 cm³/mol. The topological polar surface area (TPSA) is 20.3 Å². The molecule has 2 rings (SSSR count). The Morgan fingerprint density at radius 1 is 1.12 bits per heavy atom. The maximum Gasteiger partial charge on any atom is 0.253 e. The highest BCUT2D eigenvalue weighted by Gasteiger charge is 2.16. The summed E-state index contributed by atoms with van der Waals surface area (Å²) in [5.74, 6) is 0.120. The molecule has 16 heavy (non-hydrogen) atoms. The first-order chi connectivity index (χ1) is 7.77. The number of hydrogen-bond acceptors (Lipinski definition) is 1. The molecule has 0 spiro atoms. The quantitative estimate of drug-likeness (QED) is 0.647. The van der Waals surface area contributed by atoms with Gasteiger partial charge in [-0.2, -0.15) is 0 Å². The molecule has 0 aromatic heterocycles. The van der Waals surface area contributed by atoms with Crippen molar-refractivity contribution in [2.75, 3.05) is 13.1 Å². The molecule has 1 saturated heterocycles. The van der Waals surface area contributed by atoms with Crippen LogP contribution in [0.5, 0.6) is 0 Å². The zero-order valence-electron chi connectivity index (χ0n) is 9.48. The van der Waals surface area contributed by atoms with Gasteiger partial charge in [-0.05, 0) is 18.9 Å². The molecule has 3 heteroatoms. The van der Waals surface area contributed by atoms with Gasteiger partial charge in [0.15, 0.2) is 0 Å². The van der Waals surface area contributed by atoms with Crippen LogP contribution in [-0.2, 0) is 0 Å². The van der Waals surface area contributed by atoms with Crippen LogP contribution in [0.25, 0.3) is 0 Å². The van der Waals surface area contributed by atoms with E-state index >= 15 is 0 Å². The van der Waals surface area contributed by atoms with Crippen molar-refractivity contribution in [3.63, 3.8) is 0 Å². The largest absolute Gasteiger partial charge is 0.339 e. The molecule has 2 nitrogen and oxygen atoms in total. The van der Waals surface area contributed by atoms with Gasteiger partial charge in [0.05, 0.1) is 0 Å². The number of nitrogens with zero attached hydrogens (tertiary/aromatic N) is 1. The second kappa shape index (κ2) is 5.19. The van der Waals surface area contributed by atoms with Crippen LogP contribution in [-0.4, -0.2) is 31.7 Å². The van der Waals surface area contributed by atoms with Crippen molar-refractivity contribution in [2.24, 2.45) is 0 Å². The Morgan fingerprint density at radius 3 is 2.44 bits per heavy atom. The number of hydrogen-bond donors (Lipinski definition) is 0. The average Bonchev–Trinajstić information content (AvgIpc) is 2.56. The molecule has 1 fully saturated rings. The summed E-state index contributed by atoms with van der Waals surface area (Å²) in [5, 5.41) is 0. The Hall–Kier alpha value is -1.25. The Balaban J connectivity index is 2.11. The minimum Gasteiger partial charge on any atom is -0.339 e. The third kappa shape index (κ3) is 2.66. The first-order valence-electron chi connectivity index (χ1n) is 5.92. The second-order valence-corrected chi connectivity index (χ2v) is 4.33. The Bertz CT molecular complexity index is 370. The van der Waals surface area contributed by atoms with Crippen molar-refractivity contribution in [3.05, 3.63) is 29.8 Å². The molecular formula is C13H16BNO. The van der Waals surface area contributed by atoms with Gasteiger partial charge >= 0.3 is 0 Å². The molecule has 0 aliphatic carbocycles. The van der Waals surface area contributed by atoms with E-state index in [1.165, 1.54) is 12.8 Å². The summed E-state index contributed by atoms with van der Waals surface area (Å²) in [4.78, 5) is 14.1. The molecule has 2 radical (unpaired) electrons. The fraction of sp³-hybridized carbons (Fsp3) is 0.462. The number of benzene rings is 1. The minimum absolute atomic E-state index is 0.120. The van der Waals surface area contributed by atoms with E-state index in [0.717, 1.165) is 25.9 Å². The highest BCUT2D eigenvalue weighted by molar-refractivity contribution is 6.32. The van der Waals surface area contributed by atoms with Crippen LogP contribution < -0.4 is 5.46 Å². The maximum atomic E-state index is 12.2. The molecule has 1 amide bonds. The van der Waals surface area contributed by atoms with Crippen molar-refractivity contribution in [3.8, 4) is 0 Å². The number of carbonyl (C=O) groups excluding carboxylic acids is 1. The summed E-state index contributed by atoms with van der Waals surface area (Å²) in [6.45, 7) is 1.77. The summed E-state index contributed by atoms with van der Waals surface area (Å²) in [6.07, 6.45) is 4.71. The molecule has 1 heterocycles. The van der Waals surface area contributed by atoms with Gasteiger partial charge in [0.25, 0.3) is 5.91 Å². The Morgan fingerprint density at radius 2 is 1.81 bits per heavy atom. The highest BCUT2D eigenvalue weighted by Crippen LogP contribution is 2.12. The third-order valence-corrected chi connectivity index (χ3v) is 3.03.